The SMILES string of the molecule is O=C(Nc1cccc(F)c1)c1cccc(N2NC(=O)[C@H]3CC=CC[C@H]3C2=O)c1. The molecule has 7 heteroatoms. The maximum atomic E-state index is 13.3. The van der Waals surface area contributed by atoms with Crippen molar-refractivity contribution < 1.29 is 18.8 Å². The van der Waals surface area contributed by atoms with Crippen LogP contribution >= 0.6 is 0 Å². The molecule has 142 valence electrons. The lowest BCUT2D eigenvalue weighted by Crippen LogP contribution is -2.59. The van der Waals surface area contributed by atoms with E-state index in [2.05, 4.69) is 10.7 Å². The summed E-state index contributed by atoms with van der Waals surface area (Å²) in [4.78, 5) is 37.7. The second kappa shape index (κ2) is 7.26. The zero-order valence-electron chi connectivity index (χ0n) is 14.9. The number of anilines is 2. The summed E-state index contributed by atoms with van der Waals surface area (Å²) in [5.74, 6) is -2.05. The Balaban J connectivity index is 1.56. The highest BCUT2D eigenvalue weighted by Crippen LogP contribution is 2.32. The van der Waals surface area contributed by atoms with Crippen LogP contribution in [0.2, 0.25) is 0 Å². The fraction of sp³-hybridized carbons (Fsp3) is 0.190. The number of carbonyl (C=O) groups is 3. The Morgan fingerprint density at radius 3 is 2.57 bits per heavy atom. The van der Waals surface area contributed by atoms with Crippen molar-refractivity contribution in [3.8, 4) is 0 Å². The Morgan fingerprint density at radius 1 is 1.04 bits per heavy atom. The summed E-state index contributed by atoms with van der Waals surface area (Å²) in [5, 5.41) is 3.83. The molecule has 28 heavy (non-hydrogen) atoms. The van der Waals surface area contributed by atoms with Crippen molar-refractivity contribution in [2.24, 2.45) is 11.8 Å². The highest BCUT2D eigenvalue weighted by atomic mass is 19.1. The molecule has 1 heterocycles. The molecule has 4 rings (SSSR count). The maximum Gasteiger partial charge on any atom is 0.255 e. The maximum absolute atomic E-state index is 13.3. The molecule has 2 N–H and O–H groups in total. The van der Waals surface area contributed by atoms with Crippen molar-refractivity contribution in [3.05, 3.63) is 72.1 Å². The van der Waals surface area contributed by atoms with Gasteiger partial charge in [-0.1, -0.05) is 24.3 Å². The van der Waals surface area contributed by atoms with Crippen molar-refractivity contribution in [1.29, 1.82) is 0 Å². The lowest BCUT2D eigenvalue weighted by molar-refractivity contribution is -0.139. The molecule has 2 aliphatic rings. The second-order valence-corrected chi connectivity index (χ2v) is 6.82. The summed E-state index contributed by atoms with van der Waals surface area (Å²) < 4.78 is 13.3. The van der Waals surface area contributed by atoms with E-state index >= 15 is 0 Å². The molecule has 3 amide bonds. The topological polar surface area (TPSA) is 78.5 Å². The second-order valence-electron chi connectivity index (χ2n) is 6.82. The van der Waals surface area contributed by atoms with Crippen LogP contribution in [-0.4, -0.2) is 17.7 Å². The summed E-state index contributed by atoms with van der Waals surface area (Å²) in [7, 11) is 0. The molecule has 0 bridgehead atoms. The van der Waals surface area contributed by atoms with Crippen LogP contribution in [0.15, 0.2) is 60.7 Å². The molecular formula is C21H18FN3O3. The summed E-state index contributed by atoms with van der Waals surface area (Å²) in [6.07, 6.45) is 4.90. The summed E-state index contributed by atoms with van der Waals surface area (Å²) in [5.41, 5.74) is 3.65. The third-order valence-corrected chi connectivity index (χ3v) is 4.98. The van der Waals surface area contributed by atoms with Crippen molar-refractivity contribution in [2.45, 2.75) is 12.8 Å². The molecule has 1 aliphatic heterocycles. The van der Waals surface area contributed by atoms with Crippen LogP contribution in [0, 0.1) is 17.7 Å². The van der Waals surface area contributed by atoms with Crippen LogP contribution in [0.1, 0.15) is 23.2 Å². The van der Waals surface area contributed by atoms with Crippen molar-refractivity contribution >= 4 is 29.1 Å². The fourth-order valence-corrected chi connectivity index (χ4v) is 3.54. The van der Waals surface area contributed by atoms with E-state index in [0.29, 0.717) is 24.2 Å². The molecular weight excluding hydrogens is 361 g/mol. The number of fused-ring (bicyclic) bond motifs is 1. The molecule has 2 atom stereocenters. The monoisotopic (exact) mass is 379 g/mol. The lowest BCUT2D eigenvalue weighted by Gasteiger charge is -2.38. The number of rotatable bonds is 3. The minimum atomic E-state index is -0.454. The number of hydrogen-bond acceptors (Lipinski definition) is 3. The number of nitrogens with one attached hydrogen (secondary N) is 2. The molecule has 1 aliphatic carbocycles. The molecule has 6 nitrogen and oxygen atoms in total. The van der Waals surface area contributed by atoms with Gasteiger partial charge in [0, 0.05) is 11.3 Å². The zero-order valence-corrected chi connectivity index (χ0v) is 14.9. The van der Waals surface area contributed by atoms with E-state index in [0.717, 1.165) is 0 Å². The van der Waals surface area contributed by atoms with E-state index in [1.807, 2.05) is 12.2 Å². The molecule has 0 unspecified atom stereocenters. The van der Waals surface area contributed by atoms with Crippen molar-refractivity contribution in [3.63, 3.8) is 0 Å². The molecule has 0 spiro atoms. The van der Waals surface area contributed by atoms with E-state index in [9.17, 15) is 18.8 Å². The molecule has 0 aromatic heterocycles. The number of carbonyl (C=O) groups excluding carboxylic acids is 3. The van der Waals surface area contributed by atoms with Gasteiger partial charge >= 0.3 is 0 Å². The largest absolute Gasteiger partial charge is 0.322 e. The molecule has 1 saturated heterocycles. The number of nitrogens with zero attached hydrogens (tertiary/aromatic N) is 1. The quantitative estimate of drug-likeness (QED) is 0.805. The predicted molar refractivity (Wildman–Crippen MR) is 102 cm³/mol. The van der Waals surface area contributed by atoms with Gasteiger partial charge in [0.15, 0.2) is 0 Å². The minimum absolute atomic E-state index is 0.198. The zero-order chi connectivity index (χ0) is 19.7. The van der Waals surface area contributed by atoms with Gasteiger partial charge in [-0.15, -0.1) is 0 Å². The number of halogens is 1. The lowest BCUT2D eigenvalue weighted by atomic mass is 9.80. The van der Waals surface area contributed by atoms with Gasteiger partial charge < -0.3 is 5.32 Å². The van der Waals surface area contributed by atoms with Gasteiger partial charge in [0.2, 0.25) is 11.8 Å². The molecule has 0 radical (unpaired) electrons. The van der Waals surface area contributed by atoms with E-state index in [1.165, 1.54) is 29.3 Å². The number of hydrogen-bond donors (Lipinski definition) is 2. The van der Waals surface area contributed by atoms with Gasteiger partial charge in [0.05, 0.1) is 17.5 Å². The first-order chi connectivity index (χ1) is 13.5. The third-order valence-electron chi connectivity index (χ3n) is 4.98. The van der Waals surface area contributed by atoms with Crippen LogP contribution in [0.4, 0.5) is 15.8 Å². The number of amides is 3. The molecule has 2 aromatic carbocycles. The Hall–Kier alpha value is -3.48. The van der Waals surface area contributed by atoms with Gasteiger partial charge in [-0.2, -0.15) is 0 Å². The summed E-state index contributed by atoms with van der Waals surface area (Å²) >= 11 is 0. The Labute approximate surface area is 161 Å². The number of hydrazine groups is 1. The Bertz CT molecular complexity index is 988. The van der Waals surface area contributed by atoms with E-state index in [1.54, 1.807) is 24.3 Å². The van der Waals surface area contributed by atoms with Gasteiger partial charge in [-0.25, -0.2) is 9.40 Å². The van der Waals surface area contributed by atoms with Crippen LogP contribution < -0.4 is 15.8 Å². The number of benzene rings is 2. The van der Waals surface area contributed by atoms with E-state index < -0.39 is 17.6 Å². The van der Waals surface area contributed by atoms with Gasteiger partial charge in [0.25, 0.3) is 5.91 Å². The van der Waals surface area contributed by atoms with E-state index in [-0.39, 0.29) is 23.3 Å². The third kappa shape index (κ3) is 3.38. The first kappa shape index (κ1) is 17.9. The predicted octanol–water partition coefficient (Wildman–Crippen LogP) is 3.04. The fourth-order valence-electron chi connectivity index (χ4n) is 3.54. The minimum Gasteiger partial charge on any atom is -0.322 e. The standard InChI is InChI=1S/C21H18FN3O3/c22-14-6-4-7-15(12-14)23-19(26)13-5-3-8-16(11-13)25-21(28)18-10-2-1-9-17(18)20(27)24-25/h1-8,11-12,17-18H,9-10H2,(H,23,26)(H,24,27)/t17-,18+/m0/s1. The van der Waals surface area contributed by atoms with Gasteiger partial charge in [-0.05, 0) is 49.2 Å². The molecule has 2 aromatic rings. The van der Waals surface area contributed by atoms with E-state index in [4.69, 9.17) is 0 Å². The normalized spacial score (nSPS) is 21.1. The van der Waals surface area contributed by atoms with Crippen molar-refractivity contribution in [1.82, 2.24) is 5.43 Å². The van der Waals surface area contributed by atoms with Gasteiger partial charge in [-0.3, -0.25) is 19.8 Å². The Kier molecular flexibility index (Phi) is 4.65. The van der Waals surface area contributed by atoms with Crippen molar-refractivity contribution in [2.75, 3.05) is 10.3 Å². The molecule has 0 saturated carbocycles. The van der Waals surface area contributed by atoms with Crippen LogP contribution in [0.3, 0.4) is 0 Å². The number of allylic oxidation sites excluding steroid dienone is 2. The van der Waals surface area contributed by atoms with Crippen LogP contribution in [-0.2, 0) is 9.59 Å². The summed E-state index contributed by atoms with van der Waals surface area (Å²) in [6, 6.07) is 12.0. The van der Waals surface area contributed by atoms with Gasteiger partial charge in [0.1, 0.15) is 5.82 Å². The van der Waals surface area contributed by atoms with Crippen LogP contribution in [0.5, 0.6) is 0 Å². The average molecular weight is 379 g/mol. The molecule has 1 fully saturated rings. The first-order valence-corrected chi connectivity index (χ1v) is 8.99. The average Bonchev–Trinajstić information content (AvgIpc) is 2.71. The first-order valence-electron chi connectivity index (χ1n) is 8.99. The highest BCUT2D eigenvalue weighted by Gasteiger charge is 2.42. The smallest absolute Gasteiger partial charge is 0.255 e. The summed E-state index contributed by atoms with van der Waals surface area (Å²) in [6.45, 7) is 0. The highest BCUT2D eigenvalue weighted by molar-refractivity contribution is 6.07. The van der Waals surface area contributed by atoms with Crippen LogP contribution in [0.25, 0.3) is 0 Å². The Morgan fingerprint density at radius 2 is 1.79 bits per heavy atom.